The van der Waals surface area contributed by atoms with Gasteiger partial charge in [-0.2, -0.15) is 4.31 Å². The molecule has 5 nitrogen and oxygen atoms in total. The van der Waals surface area contributed by atoms with Crippen LogP contribution in [0.3, 0.4) is 0 Å². The molecule has 0 aliphatic rings. The maximum absolute atomic E-state index is 12.6. The summed E-state index contributed by atoms with van der Waals surface area (Å²) >= 11 is 0. The zero-order chi connectivity index (χ0) is 15.9. The van der Waals surface area contributed by atoms with Crippen molar-refractivity contribution < 1.29 is 8.42 Å². The van der Waals surface area contributed by atoms with Crippen LogP contribution in [0.4, 0.5) is 0 Å². The van der Waals surface area contributed by atoms with Crippen LogP contribution in [-0.2, 0) is 23.6 Å². The first-order valence-corrected chi connectivity index (χ1v) is 8.49. The van der Waals surface area contributed by atoms with Crippen LogP contribution in [0.1, 0.15) is 19.0 Å². The van der Waals surface area contributed by atoms with E-state index in [0.29, 0.717) is 11.4 Å². The number of rotatable bonds is 10. The third kappa shape index (κ3) is 4.56. The predicted octanol–water partition coefficient (Wildman–Crippen LogP) is 1.89. The molecule has 1 aromatic heterocycles. The van der Waals surface area contributed by atoms with E-state index in [1.165, 1.54) is 4.31 Å². The van der Waals surface area contributed by atoms with Crippen LogP contribution in [0.2, 0.25) is 0 Å². The zero-order valence-electron chi connectivity index (χ0n) is 12.9. The first-order chi connectivity index (χ1) is 9.97. The third-order valence-corrected chi connectivity index (χ3v) is 4.92. The molecule has 21 heavy (non-hydrogen) atoms. The van der Waals surface area contributed by atoms with Gasteiger partial charge in [-0.1, -0.05) is 19.1 Å². The molecule has 0 saturated heterocycles. The molecule has 1 N–H and O–H groups in total. The van der Waals surface area contributed by atoms with Crippen molar-refractivity contribution in [3.8, 4) is 0 Å². The number of aryl methyl sites for hydroxylation is 1. The first kappa shape index (κ1) is 17.7. The van der Waals surface area contributed by atoms with Crippen LogP contribution in [0, 0.1) is 0 Å². The predicted molar refractivity (Wildman–Crippen MR) is 86.6 cm³/mol. The third-order valence-electron chi connectivity index (χ3n) is 3.12. The van der Waals surface area contributed by atoms with Gasteiger partial charge in [0.25, 0.3) is 0 Å². The van der Waals surface area contributed by atoms with E-state index < -0.39 is 10.0 Å². The highest BCUT2D eigenvalue weighted by Gasteiger charge is 2.24. The van der Waals surface area contributed by atoms with Crippen molar-refractivity contribution in [1.29, 1.82) is 0 Å². The molecule has 1 rings (SSSR count). The van der Waals surface area contributed by atoms with E-state index in [0.717, 1.165) is 18.7 Å². The van der Waals surface area contributed by atoms with Crippen LogP contribution in [0.15, 0.2) is 42.5 Å². The van der Waals surface area contributed by atoms with E-state index in [-0.39, 0.29) is 13.1 Å². The Balaban J connectivity index is 2.99. The summed E-state index contributed by atoms with van der Waals surface area (Å²) in [5.74, 6) is 0. The van der Waals surface area contributed by atoms with Crippen molar-refractivity contribution in [3.63, 3.8) is 0 Å². The lowest BCUT2D eigenvalue weighted by Crippen LogP contribution is -2.31. The Bertz CT molecular complexity index is 566. The van der Waals surface area contributed by atoms with Crippen molar-refractivity contribution in [1.82, 2.24) is 14.2 Å². The maximum Gasteiger partial charge on any atom is 0.245 e. The van der Waals surface area contributed by atoms with Gasteiger partial charge in [-0.25, -0.2) is 8.42 Å². The first-order valence-electron chi connectivity index (χ1n) is 7.05. The minimum Gasteiger partial charge on any atom is -0.352 e. The minimum atomic E-state index is -3.52. The van der Waals surface area contributed by atoms with Gasteiger partial charge in [-0.3, -0.25) is 0 Å². The zero-order valence-corrected chi connectivity index (χ0v) is 13.7. The van der Waals surface area contributed by atoms with Gasteiger partial charge in [0.05, 0.1) is 0 Å². The molecule has 118 valence electrons. The van der Waals surface area contributed by atoms with E-state index >= 15 is 0 Å². The molecular formula is C15H25N3O2S. The monoisotopic (exact) mass is 311 g/mol. The smallest absolute Gasteiger partial charge is 0.245 e. The summed E-state index contributed by atoms with van der Waals surface area (Å²) < 4.78 is 28.4. The molecule has 0 aromatic carbocycles. The Hall–Kier alpha value is -1.37. The average molecular weight is 311 g/mol. The second-order valence-corrected chi connectivity index (χ2v) is 6.79. The number of nitrogens with one attached hydrogen (secondary N) is 1. The molecule has 0 bridgehead atoms. The molecular weight excluding hydrogens is 286 g/mol. The molecule has 0 radical (unpaired) electrons. The Labute approximate surface area is 128 Å². The fourth-order valence-electron chi connectivity index (χ4n) is 1.99. The molecule has 1 heterocycles. The van der Waals surface area contributed by atoms with Crippen molar-refractivity contribution in [2.45, 2.75) is 24.8 Å². The van der Waals surface area contributed by atoms with Crippen molar-refractivity contribution in [3.05, 3.63) is 43.3 Å². The SMILES string of the molecule is C=CCN(CC=C)S(=O)(=O)c1cc(CNCCC)n(C)c1. The second kappa shape index (κ2) is 8.17. The number of sulfonamides is 1. The van der Waals surface area contributed by atoms with Crippen LogP contribution in [0.5, 0.6) is 0 Å². The Morgan fingerprint density at radius 3 is 2.48 bits per heavy atom. The van der Waals surface area contributed by atoms with Crippen LogP contribution in [0.25, 0.3) is 0 Å². The van der Waals surface area contributed by atoms with Gasteiger partial charge in [-0.05, 0) is 19.0 Å². The van der Waals surface area contributed by atoms with E-state index in [2.05, 4.69) is 25.4 Å². The maximum atomic E-state index is 12.6. The summed E-state index contributed by atoms with van der Waals surface area (Å²) in [6.45, 7) is 11.4. The van der Waals surface area contributed by atoms with Crippen molar-refractivity contribution in [2.75, 3.05) is 19.6 Å². The quantitative estimate of drug-likeness (QED) is 0.530. The summed E-state index contributed by atoms with van der Waals surface area (Å²) in [4.78, 5) is 0.307. The number of nitrogens with zero attached hydrogens (tertiary/aromatic N) is 2. The molecule has 6 heteroatoms. The Kier molecular flexibility index (Phi) is 6.87. The Morgan fingerprint density at radius 2 is 1.95 bits per heavy atom. The lowest BCUT2D eigenvalue weighted by atomic mass is 10.4. The van der Waals surface area contributed by atoms with E-state index in [9.17, 15) is 8.42 Å². The molecule has 0 unspecified atom stereocenters. The fraction of sp³-hybridized carbons (Fsp3) is 0.467. The second-order valence-electron chi connectivity index (χ2n) is 4.85. The van der Waals surface area contributed by atoms with Crippen LogP contribution < -0.4 is 5.32 Å². The lowest BCUT2D eigenvalue weighted by molar-refractivity contribution is 0.474. The largest absolute Gasteiger partial charge is 0.352 e. The summed E-state index contributed by atoms with van der Waals surface area (Å²) in [7, 11) is -1.66. The van der Waals surface area contributed by atoms with Gasteiger partial charge in [0, 0.05) is 38.6 Å². The molecule has 0 fully saturated rings. The average Bonchev–Trinajstić information content (AvgIpc) is 2.81. The van der Waals surface area contributed by atoms with Crippen molar-refractivity contribution in [2.24, 2.45) is 7.05 Å². The van der Waals surface area contributed by atoms with E-state index in [1.54, 1.807) is 24.4 Å². The highest BCUT2D eigenvalue weighted by molar-refractivity contribution is 7.89. The van der Waals surface area contributed by atoms with Crippen molar-refractivity contribution >= 4 is 10.0 Å². The fourth-order valence-corrected chi connectivity index (χ4v) is 3.47. The van der Waals surface area contributed by atoms with Gasteiger partial charge in [0.2, 0.25) is 10.0 Å². The normalized spacial score (nSPS) is 11.8. The molecule has 0 aliphatic heterocycles. The summed E-state index contributed by atoms with van der Waals surface area (Å²) in [5, 5.41) is 3.27. The molecule has 0 saturated carbocycles. The topological polar surface area (TPSA) is 54.3 Å². The minimum absolute atomic E-state index is 0.271. The van der Waals surface area contributed by atoms with Gasteiger partial charge in [-0.15, -0.1) is 13.2 Å². The number of hydrogen-bond acceptors (Lipinski definition) is 3. The lowest BCUT2D eigenvalue weighted by Gasteiger charge is -2.17. The van der Waals surface area contributed by atoms with Gasteiger partial charge >= 0.3 is 0 Å². The molecule has 0 spiro atoms. The van der Waals surface area contributed by atoms with Gasteiger partial charge in [0.15, 0.2) is 0 Å². The summed E-state index contributed by atoms with van der Waals surface area (Å²) in [6.07, 6.45) is 5.85. The summed E-state index contributed by atoms with van der Waals surface area (Å²) in [6, 6.07) is 1.72. The molecule has 1 aromatic rings. The van der Waals surface area contributed by atoms with Gasteiger partial charge < -0.3 is 9.88 Å². The molecule has 0 atom stereocenters. The standard InChI is InChI=1S/C15H25N3O2S/c1-5-8-16-12-14-11-15(13-17(14)4)21(19,20)18(9-6-2)10-7-3/h6-7,11,13,16H,2-3,5,8-10,12H2,1,4H3. The highest BCUT2D eigenvalue weighted by atomic mass is 32.2. The molecule has 0 amide bonds. The van der Waals surface area contributed by atoms with Crippen LogP contribution in [-0.4, -0.2) is 36.9 Å². The van der Waals surface area contributed by atoms with E-state index in [1.807, 2.05) is 11.6 Å². The number of hydrogen-bond donors (Lipinski definition) is 1. The summed E-state index contributed by atoms with van der Waals surface area (Å²) in [5.41, 5.74) is 0.944. The van der Waals surface area contributed by atoms with Gasteiger partial charge in [0.1, 0.15) is 4.90 Å². The highest BCUT2D eigenvalue weighted by Crippen LogP contribution is 2.18. The molecule has 0 aliphatic carbocycles. The number of aromatic nitrogens is 1. The van der Waals surface area contributed by atoms with Crippen LogP contribution >= 0.6 is 0 Å². The van der Waals surface area contributed by atoms with E-state index in [4.69, 9.17) is 0 Å². The Morgan fingerprint density at radius 1 is 1.33 bits per heavy atom.